The molecule has 0 aliphatic heterocycles. The summed E-state index contributed by atoms with van der Waals surface area (Å²) < 4.78 is 19.9. The predicted molar refractivity (Wildman–Crippen MR) is 95.5 cm³/mol. The molecular formula is C19H21NO7. The molecule has 1 N–H and O–H groups in total. The van der Waals surface area contributed by atoms with Crippen LogP contribution in [0.4, 0.5) is 10.5 Å². The van der Waals surface area contributed by atoms with Gasteiger partial charge in [-0.25, -0.2) is 14.4 Å². The van der Waals surface area contributed by atoms with Crippen molar-refractivity contribution in [1.82, 2.24) is 0 Å². The molecule has 0 radical (unpaired) electrons. The van der Waals surface area contributed by atoms with E-state index in [2.05, 4.69) is 10.1 Å². The van der Waals surface area contributed by atoms with E-state index < -0.39 is 23.6 Å². The van der Waals surface area contributed by atoms with E-state index in [1.54, 1.807) is 32.9 Å². The molecule has 8 heteroatoms. The molecule has 1 aromatic heterocycles. The fraction of sp³-hybridized carbons (Fsp3) is 0.316. The number of rotatable bonds is 5. The number of nitrogens with one attached hydrogen (secondary N) is 1. The lowest BCUT2D eigenvalue weighted by molar-refractivity contribution is 0.0453. The van der Waals surface area contributed by atoms with Gasteiger partial charge in [0, 0.05) is 11.3 Å². The van der Waals surface area contributed by atoms with Crippen LogP contribution in [0, 0.1) is 0 Å². The van der Waals surface area contributed by atoms with Gasteiger partial charge in [0.1, 0.15) is 12.2 Å². The highest BCUT2D eigenvalue weighted by atomic mass is 16.6. The molecule has 0 aliphatic rings. The van der Waals surface area contributed by atoms with Gasteiger partial charge >= 0.3 is 18.0 Å². The Morgan fingerprint density at radius 3 is 2.30 bits per heavy atom. The number of carbonyl (C=O) groups is 3. The van der Waals surface area contributed by atoms with Crippen molar-refractivity contribution in [2.24, 2.45) is 0 Å². The Hall–Kier alpha value is -3.29. The topological polar surface area (TPSA) is 104 Å². The van der Waals surface area contributed by atoms with E-state index in [0.29, 0.717) is 11.3 Å². The molecule has 1 amide bonds. The summed E-state index contributed by atoms with van der Waals surface area (Å²) in [6.45, 7) is 5.14. The molecule has 0 saturated heterocycles. The third-order valence-corrected chi connectivity index (χ3v) is 3.24. The fourth-order valence-corrected chi connectivity index (χ4v) is 2.06. The number of anilines is 1. The van der Waals surface area contributed by atoms with Crippen molar-refractivity contribution < 1.29 is 33.0 Å². The average molecular weight is 375 g/mol. The lowest BCUT2D eigenvalue weighted by Gasteiger charge is -2.19. The van der Waals surface area contributed by atoms with Crippen molar-refractivity contribution in [3.8, 4) is 0 Å². The van der Waals surface area contributed by atoms with Gasteiger partial charge in [0.05, 0.1) is 18.9 Å². The Balaban J connectivity index is 1.93. The molecule has 0 unspecified atom stereocenters. The highest BCUT2D eigenvalue weighted by Gasteiger charge is 2.18. The van der Waals surface area contributed by atoms with E-state index in [0.717, 1.165) is 0 Å². The summed E-state index contributed by atoms with van der Waals surface area (Å²) >= 11 is 0. The number of benzene rings is 1. The molecule has 0 aliphatic carbocycles. The number of ether oxygens (including phenoxy) is 3. The molecule has 144 valence electrons. The highest BCUT2D eigenvalue weighted by molar-refractivity contribution is 5.91. The summed E-state index contributed by atoms with van der Waals surface area (Å²) in [5.41, 5.74) is 0.555. The van der Waals surface area contributed by atoms with Crippen molar-refractivity contribution in [2.75, 3.05) is 12.4 Å². The number of carbonyl (C=O) groups excluding carboxylic acids is 3. The monoisotopic (exact) mass is 375 g/mol. The smallest absolute Gasteiger partial charge is 0.412 e. The zero-order valence-electron chi connectivity index (χ0n) is 15.5. The quantitative estimate of drug-likeness (QED) is 0.626. The molecule has 0 atom stereocenters. The van der Waals surface area contributed by atoms with E-state index >= 15 is 0 Å². The molecule has 1 heterocycles. The number of furan rings is 1. The fourth-order valence-electron chi connectivity index (χ4n) is 2.06. The van der Waals surface area contributed by atoms with E-state index in [1.165, 1.54) is 31.6 Å². The summed E-state index contributed by atoms with van der Waals surface area (Å²) in [5, 5.41) is 2.57. The summed E-state index contributed by atoms with van der Waals surface area (Å²) in [6, 6.07) is 7.64. The molecule has 2 rings (SSSR count). The first kappa shape index (κ1) is 20.0. The largest absolute Gasteiger partial charge is 0.463 e. The standard InChI is InChI=1S/C19H21NO7/c1-19(2,3)27-18(23)20-14-7-5-12(6-8-14)16(21)26-11-13-9-10-25-15(13)17(22)24-4/h5-10H,11H2,1-4H3,(H,20,23). The third-order valence-electron chi connectivity index (χ3n) is 3.24. The molecular weight excluding hydrogens is 354 g/mol. The van der Waals surface area contributed by atoms with Gasteiger partial charge in [0.2, 0.25) is 5.76 Å². The molecule has 1 aromatic carbocycles. The van der Waals surface area contributed by atoms with E-state index in [9.17, 15) is 14.4 Å². The van der Waals surface area contributed by atoms with Crippen LogP contribution in [-0.2, 0) is 20.8 Å². The number of methoxy groups -OCH3 is 1. The second-order valence-electron chi connectivity index (χ2n) is 6.55. The molecule has 0 saturated carbocycles. The van der Waals surface area contributed by atoms with E-state index in [1.807, 2.05) is 0 Å². The Morgan fingerprint density at radius 1 is 1.04 bits per heavy atom. The van der Waals surface area contributed by atoms with Crippen LogP contribution in [0.3, 0.4) is 0 Å². The second-order valence-corrected chi connectivity index (χ2v) is 6.55. The summed E-state index contributed by atoms with van der Waals surface area (Å²) in [6.07, 6.45) is 0.722. The zero-order chi connectivity index (χ0) is 20.0. The van der Waals surface area contributed by atoms with E-state index in [-0.39, 0.29) is 17.9 Å². The van der Waals surface area contributed by atoms with Gasteiger partial charge < -0.3 is 18.6 Å². The van der Waals surface area contributed by atoms with Gasteiger partial charge in [-0.1, -0.05) is 0 Å². The van der Waals surface area contributed by atoms with Crippen LogP contribution in [0.15, 0.2) is 41.0 Å². The normalized spacial score (nSPS) is 10.8. The van der Waals surface area contributed by atoms with Crippen LogP contribution in [-0.4, -0.2) is 30.7 Å². The third kappa shape index (κ3) is 5.88. The van der Waals surface area contributed by atoms with Crippen molar-refractivity contribution in [3.05, 3.63) is 53.5 Å². The maximum Gasteiger partial charge on any atom is 0.412 e. The lowest BCUT2D eigenvalue weighted by atomic mass is 10.2. The Labute approximate surface area is 156 Å². The minimum absolute atomic E-state index is 0.0118. The van der Waals surface area contributed by atoms with Crippen LogP contribution in [0.5, 0.6) is 0 Å². The van der Waals surface area contributed by atoms with E-state index in [4.69, 9.17) is 13.9 Å². The number of hydrogen-bond donors (Lipinski definition) is 1. The number of hydrogen-bond acceptors (Lipinski definition) is 7. The van der Waals surface area contributed by atoms with Gasteiger partial charge in [-0.2, -0.15) is 0 Å². The molecule has 2 aromatic rings. The van der Waals surface area contributed by atoms with Crippen LogP contribution >= 0.6 is 0 Å². The minimum atomic E-state index is -0.649. The molecule has 0 spiro atoms. The first-order valence-electron chi connectivity index (χ1n) is 8.11. The molecule has 27 heavy (non-hydrogen) atoms. The second kappa shape index (κ2) is 8.39. The summed E-state index contributed by atoms with van der Waals surface area (Å²) in [4.78, 5) is 35.4. The van der Waals surface area contributed by atoms with Crippen molar-refractivity contribution >= 4 is 23.7 Å². The molecule has 0 fully saturated rings. The maximum atomic E-state index is 12.1. The Bertz CT molecular complexity index is 815. The van der Waals surface area contributed by atoms with Gasteiger partial charge in [-0.05, 0) is 51.1 Å². The minimum Gasteiger partial charge on any atom is -0.463 e. The Kier molecular flexibility index (Phi) is 6.23. The number of esters is 2. The molecule has 0 bridgehead atoms. The highest BCUT2D eigenvalue weighted by Crippen LogP contribution is 2.16. The zero-order valence-corrected chi connectivity index (χ0v) is 15.5. The lowest BCUT2D eigenvalue weighted by Crippen LogP contribution is -2.27. The number of amides is 1. The van der Waals surface area contributed by atoms with Crippen molar-refractivity contribution in [3.63, 3.8) is 0 Å². The predicted octanol–water partition coefficient (Wildman–Crippen LogP) is 3.77. The molecule has 8 nitrogen and oxygen atoms in total. The van der Waals surface area contributed by atoms with Crippen LogP contribution in [0.1, 0.15) is 47.2 Å². The SMILES string of the molecule is COC(=O)c1occc1COC(=O)c1ccc(NC(=O)OC(C)(C)C)cc1. The Morgan fingerprint density at radius 2 is 1.70 bits per heavy atom. The van der Waals surface area contributed by atoms with Gasteiger partial charge in [0.15, 0.2) is 0 Å². The van der Waals surface area contributed by atoms with Gasteiger partial charge in [0.25, 0.3) is 0 Å². The van der Waals surface area contributed by atoms with Gasteiger partial charge in [-0.15, -0.1) is 0 Å². The maximum absolute atomic E-state index is 12.1. The van der Waals surface area contributed by atoms with Crippen molar-refractivity contribution in [2.45, 2.75) is 33.0 Å². The summed E-state index contributed by atoms with van der Waals surface area (Å²) in [5.74, 6) is -1.25. The van der Waals surface area contributed by atoms with Crippen LogP contribution in [0.25, 0.3) is 0 Å². The average Bonchev–Trinajstić information content (AvgIpc) is 3.06. The first-order chi connectivity index (χ1) is 12.7. The van der Waals surface area contributed by atoms with Crippen LogP contribution in [0.2, 0.25) is 0 Å². The first-order valence-corrected chi connectivity index (χ1v) is 8.11. The summed E-state index contributed by atoms with van der Waals surface area (Å²) in [7, 11) is 1.23. The van der Waals surface area contributed by atoms with Crippen molar-refractivity contribution in [1.29, 1.82) is 0 Å². The van der Waals surface area contributed by atoms with Gasteiger partial charge in [-0.3, -0.25) is 5.32 Å². The van der Waals surface area contributed by atoms with Crippen LogP contribution < -0.4 is 5.32 Å².